The van der Waals surface area contributed by atoms with Crippen molar-refractivity contribution < 1.29 is 28.4 Å². The summed E-state index contributed by atoms with van der Waals surface area (Å²) in [5.41, 5.74) is 1.84. The normalized spacial score (nSPS) is 14.1. The van der Waals surface area contributed by atoms with Gasteiger partial charge < -0.3 is 28.4 Å². The van der Waals surface area contributed by atoms with Crippen molar-refractivity contribution in [3.05, 3.63) is 35.4 Å². The first-order valence-electron chi connectivity index (χ1n) is 7.81. The fourth-order valence-electron chi connectivity index (χ4n) is 2.87. The molecule has 0 fully saturated rings. The van der Waals surface area contributed by atoms with Crippen LogP contribution in [0, 0.1) is 11.3 Å². The zero-order chi connectivity index (χ0) is 18.1. The van der Waals surface area contributed by atoms with E-state index in [4.69, 9.17) is 28.4 Å². The largest absolute Gasteiger partial charge is 0.493 e. The fraction of sp³-hybridized carbons (Fsp3) is 0.211. The second-order valence-corrected chi connectivity index (χ2v) is 5.54. The number of benzene rings is 2. The van der Waals surface area contributed by atoms with E-state index in [2.05, 4.69) is 6.07 Å². The highest BCUT2D eigenvalue weighted by molar-refractivity contribution is 5.91. The van der Waals surface area contributed by atoms with Gasteiger partial charge >= 0.3 is 0 Å². The number of nitriles is 1. The number of rotatable bonds is 4. The van der Waals surface area contributed by atoms with Crippen LogP contribution in [0.3, 0.4) is 0 Å². The van der Waals surface area contributed by atoms with Crippen LogP contribution in [0.4, 0.5) is 0 Å². The van der Waals surface area contributed by atoms with Crippen LogP contribution in [0.1, 0.15) is 11.1 Å². The van der Waals surface area contributed by atoms with E-state index in [1.54, 1.807) is 44.6 Å². The van der Waals surface area contributed by atoms with Gasteiger partial charge in [0.1, 0.15) is 0 Å². The van der Waals surface area contributed by atoms with Gasteiger partial charge in [0.15, 0.2) is 23.0 Å². The number of hydrogen-bond acceptors (Lipinski definition) is 7. The molecule has 0 aromatic heterocycles. The maximum Gasteiger partial charge on any atom is 0.231 e. The van der Waals surface area contributed by atoms with Gasteiger partial charge in [0.25, 0.3) is 0 Å². The van der Waals surface area contributed by atoms with Crippen molar-refractivity contribution in [2.24, 2.45) is 0 Å². The SMILES string of the molecule is COc1cc(C=C(C#N)c2cc(OC)c3c(c2)OCO3)cc2c1OCO2. The van der Waals surface area contributed by atoms with Crippen molar-refractivity contribution in [2.45, 2.75) is 0 Å². The maximum absolute atomic E-state index is 9.65. The number of methoxy groups -OCH3 is 2. The Labute approximate surface area is 149 Å². The molecule has 0 aliphatic carbocycles. The summed E-state index contributed by atoms with van der Waals surface area (Å²) in [5.74, 6) is 3.29. The Morgan fingerprint density at radius 3 is 2.15 bits per heavy atom. The van der Waals surface area contributed by atoms with Crippen LogP contribution in [0.25, 0.3) is 11.6 Å². The molecule has 0 saturated heterocycles. The third-order valence-electron chi connectivity index (χ3n) is 4.08. The molecule has 0 unspecified atom stereocenters. The van der Waals surface area contributed by atoms with Gasteiger partial charge in [-0.1, -0.05) is 0 Å². The molecular weight excluding hydrogens is 338 g/mol. The van der Waals surface area contributed by atoms with E-state index < -0.39 is 0 Å². The molecule has 132 valence electrons. The van der Waals surface area contributed by atoms with Gasteiger partial charge in [-0.25, -0.2) is 0 Å². The average molecular weight is 353 g/mol. The maximum atomic E-state index is 9.65. The molecule has 0 N–H and O–H groups in total. The van der Waals surface area contributed by atoms with E-state index in [-0.39, 0.29) is 13.6 Å². The molecule has 0 radical (unpaired) electrons. The molecular formula is C19H15NO6. The summed E-state index contributed by atoms with van der Waals surface area (Å²) in [4.78, 5) is 0. The van der Waals surface area contributed by atoms with Crippen molar-refractivity contribution in [1.29, 1.82) is 5.26 Å². The lowest BCUT2D eigenvalue weighted by Gasteiger charge is -2.09. The third kappa shape index (κ3) is 2.62. The van der Waals surface area contributed by atoms with Crippen molar-refractivity contribution in [2.75, 3.05) is 27.8 Å². The highest BCUT2D eigenvalue weighted by atomic mass is 16.7. The lowest BCUT2D eigenvalue weighted by atomic mass is 10.0. The molecule has 0 spiro atoms. The van der Waals surface area contributed by atoms with Gasteiger partial charge in [-0.2, -0.15) is 5.26 Å². The van der Waals surface area contributed by atoms with Crippen LogP contribution in [-0.4, -0.2) is 27.8 Å². The summed E-state index contributed by atoms with van der Waals surface area (Å²) >= 11 is 0. The topological polar surface area (TPSA) is 79.2 Å². The standard InChI is InChI=1S/C19H15NO6/c1-21-14-4-11(5-16-18(14)25-9-23-16)3-13(8-20)12-6-15(22-2)19-17(7-12)24-10-26-19/h3-7H,9-10H2,1-2H3. The van der Waals surface area contributed by atoms with E-state index in [1.165, 1.54) is 0 Å². The first-order chi connectivity index (χ1) is 12.7. The third-order valence-corrected chi connectivity index (χ3v) is 4.08. The van der Waals surface area contributed by atoms with Gasteiger partial charge in [0.05, 0.1) is 25.9 Å². The number of ether oxygens (including phenoxy) is 6. The minimum atomic E-state index is 0.125. The van der Waals surface area contributed by atoms with Crippen molar-refractivity contribution >= 4 is 11.6 Å². The molecule has 2 heterocycles. The molecule has 7 heteroatoms. The van der Waals surface area contributed by atoms with Gasteiger partial charge in [-0.3, -0.25) is 0 Å². The minimum absolute atomic E-state index is 0.125. The summed E-state index contributed by atoms with van der Waals surface area (Å²) in [7, 11) is 3.10. The number of allylic oxidation sites excluding steroid dienone is 1. The van der Waals surface area contributed by atoms with Crippen LogP contribution in [0.15, 0.2) is 24.3 Å². The Balaban J connectivity index is 1.78. The molecule has 4 rings (SSSR count). The molecule has 7 nitrogen and oxygen atoms in total. The van der Waals surface area contributed by atoms with Crippen LogP contribution in [0.5, 0.6) is 34.5 Å². The van der Waals surface area contributed by atoms with Crippen LogP contribution in [0.2, 0.25) is 0 Å². The average Bonchev–Trinajstić information content (AvgIpc) is 3.33. The Kier molecular flexibility index (Phi) is 3.93. The molecule has 2 aromatic rings. The first-order valence-corrected chi connectivity index (χ1v) is 7.81. The number of nitrogens with zero attached hydrogens (tertiary/aromatic N) is 1. The lowest BCUT2D eigenvalue weighted by Crippen LogP contribution is -1.93. The van der Waals surface area contributed by atoms with Crippen LogP contribution in [-0.2, 0) is 0 Å². The van der Waals surface area contributed by atoms with Gasteiger partial charge in [-0.15, -0.1) is 0 Å². The summed E-state index contributed by atoms with van der Waals surface area (Å²) in [5, 5.41) is 9.65. The second-order valence-electron chi connectivity index (χ2n) is 5.54. The Morgan fingerprint density at radius 1 is 0.923 bits per heavy atom. The Morgan fingerprint density at radius 2 is 1.54 bits per heavy atom. The van der Waals surface area contributed by atoms with Gasteiger partial charge in [0.2, 0.25) is 25.1 Å². The van der Waals surface area contributed by atoms with Gasteiger partial charge in [-0.05, 0) is 41.5 Å². The molecule has 2 aromatic carbocycles. The Hall–Kier alpha value is -3.53. The molecule has 2 aliphatic rings. The van der Waals surface area contributed by atoms with E-state index in [0.717, 1.165) is 5.56 Å². The second kappa shape index (κ2) is 6.41. The van der Waals surface area contributed by atoms with Gasteiger partial charge in [0, 0.05) is 0 Å². The summed E-state index contributed by atoms with van der Waals surface area (Å²) in [6, 6.07) is 9.29. The molecule has 0 amide bonds. The first kappa shape index (κ1) is 16.0. The van der Waals surface area contributed by atoms with Crippen molar-refractivity contribution in [3.63, 3.8) is 0 Å². The lowest BCUT2D eigenvalue weighted by molar-refractivity contribution is 0.171. The van der Waals surface area contributed by atoms with E-state index >= 15 is 0 Å². The van der Waals surface area contributed by atoms with Crippen LogP contribution < -0.4 is 28.4 Å². The molecule has 26 heavy (non-hydrogen) atoms. The Bertz CT molecular complexity index is 944. The van der Waals surface area contributed by atoms with Crippen LogP contribution >= 0.6 is 0 Å². The number of hydrogen-bond donors (Lipinski definition) is 0. The molecule has 2 aliphatic heterocycles. The predicted molar refractivity (Wildman–Crippen MR) is 91.7 cm³/mol. The zero-order valence-corrected chi connectivity index (χ0v) is 14.2. The minimum Gasteiger partial charge on any atom is -0.493 e. The van der Waals surface area contributed by atoms with Crippen molar-refractivity contribution in [3.8, 4) is 40.6 Å². The highest BCUT2D eigenvalue weighted by Crippen LogP contribution is 2.44. The molecule has 0 atom stereocenters. The quantitative estimate of drug-likeness (QED) is 0.617. The number of fused-ring (bicyclic) bond motifs is 2. The van der Waals surface area contributed by atoms with E-state index in [9.17, 15) is 5.26 Å². The zero-order valence-electron chi connectivity index (χ0n) is 14.2. The van der Waals surface area contributed by atoms with E-state index in [0.29, 0.717) is 45.6 Å². The smallest absolute Gasteiger partial charge is 0.231 e. The highest BCUT2D eigenvalue weighted by Gasteiger charge is 2.22. The molecule has 0 bridgehead atoms. The van der Waals surface area contributed by atoms with E-state index in [1.807, 2.05) is 0 Å². The van der Waals surface area contributed by atoms with Crippen molar-refractivity contribution in [1.82, 2.24) is 0 Å². The monoisotopic (exact) mass is 353 g/mol. The predicted octanol–water partition coefficient (Wildman–Crippen LogP) is 3.23. The fourth-order valence-corrected chi connectivity index (χ4v) is 2.87. The summed E-state index contributed by atoms with van der Waals surface area (Å²) < 4.78 is 32.3. The molecule has 0 saturated carbocycles. The summed E-state index contributed by atoms with van der Waals surface area (Å²) in [6.07, 6.45) is 1.74. The summed E-state index contributed by atoms with van der Waals surface area (Å²) in [6.45, 7) is 0.267.